The maximum absolute atomic E-state index is 10.9. The summed E-state index contributed by atoms with van der Waals surface area (Å²) in [5, 5.41) is 11.9. The van der Waals surface area contributed by atoms with Gasteiger partial charge in [-0.05, 0) is 19.3 Å². The first-order valence-electron chi connectivity index (χ1n) is 5.39. The van der Waals surface area contributed by atoms with Gasteiger partial charge < -0.3 is 10.4 Å². The van der Waals surface area contributed by atoms with Gasteiger partial charge in [0, 0.05) is 5.70 Å². The highest BCUT2D eigenvalue weighted by Gasteiger charge is 2.16. The number of hydrogen-bond donors (Lipinski definition) is 2. The van der Waals surface area contributed by atoms with Crippen molar-refractivity contribution in [2.75, 3.05) is 0 Å². The first-order chi connectivity index (χ1) is 7.11. The van der Waals surface area contributed by atoms with Crippen LogP contribution in [-0.2, 0) is 4.79 Å². The molecule has 0 rings (SSSR count). The molecule has 0 fully saturated rings. The molecule has 0 saturated carbocycles. The molecule has 0 unspecified atom stereocenters. The van der Waals surface area contributed by atoms with E-state index in [0.29, 0.717) is 6.42 Å². The summed E-state index contributed by atoms with van der Waals surface area (Å²) in [4.78, 5) is 10.9. The van der Waals surface area contributed by atoms with Gasteiger partial charge in [0.05, 0.1) is 0 Å². The van der Waals surface area contributed by atoms with Crippen LogP contribution in [-0.4, -0.2) is 17.1 Å². The van der Waals surface area contributed by atoms with E-state index >= 15 is 0 Å². The molecule has 0 heterocycles. The van der Waals surface area contributed by atoms with Gasteiger partial charge in [0.15, 0.2) is 0 Å². The molecule has 1 atom stereocenters. The van der Waals surface area contributed by atoms with Crippen LogP contribution in [0.3, 0.4) is 0 Å². The number of aliphatic carboxylic acids is 1. The van der Waals surface area contributed by atoms with Crippen molar-refractivity contribution in [1.29, 1.82) is 0 Å². The van der Waals surface area contributed by atoms with E-state index in [9.17, 15) is 4.79 Å². The van der Waals surface area contributed by atoms with Crippen molar-refractivity contribution in [3.63, 3.8) is 0 Å². The zero-order valence-corrected chi connectivity index (χ0v) is 9.46. The number of allylic oxidation sites excluding steroid dienone is 2. The van der Waals surface area contributed by atoms with Crippen molar-refractivity contribution >= 4 is 5.97 Å². The number of hydrogen-bond acceptors (Lipinski definition) is 2. The number of carboxylic acids is 1. The largest absolute Gasteiger partial charge is 0.480 e. The lowest BCUT2D eigenvalue weighted by molar-refractivity contribution is -0.139. The van der Waals surface area contributed by atoms with E-state index in [1.54, 1.807) is 6.08 Å². The molecule has 0 aliphatic rings. The van der Waals surface area contributed by atoms with Crippen molar-refractivity contribution in [3.8, 4) is 0 Å². The van der Waals surface area contributed by atoms with Gasteiger partial charge in [-0.3, -0.25) is 0 Å². The number of unbranched alkanes of at least 4 members (excludes halogenated alkanes) is 1. The molecule has 0 amide bonds. The molecule has 0 aromatic carbocycles. The third-order valence-corrected chi connectivity index (χ3v) is 2.17. The standard InChI is InChI=1S/C12H21NO2/c1-4-6-8-10(3)13-11(12(14)15)9-7-5-2/h4,11,13H,1,3,5-9H2,2H3,(H,14,15)/t11-/m0/s1. The smallest absolute Gasteiger partial charge is 0.326 e. The monoisotopic (exact) mass is 211 g/mol. The van der Waals surface area contributed by atoms with Crippen LogP contribution in [0.4, 0.5) is 0 Å². The third kappa shape index (κ3) is 6.77. The fourth-order valence-corrected chi connectivity index (χ4v) is 1.26. The fourth-order valence-electron chi connectivity index (χ4n) is 1.26. The maximum atomic E-state index is 10.9. The second-order valence-corrected chi connectivity index (χ2v) is 3.61. The fraction of sp³-hybridized carbons (Fsp3) is 0.583. The van der Waals surface area contributed by atoms with Gasteiger partial charge in [0.2, 0.25) is 0 Å². The van der Waals surface area contributed by atoms with Gasteiger partial charge in [-0.1, -0.05) is 32.4 Å². The third-order valence-electron chi connectivity index (χ3n) is 2.17. The number of carboxylic acid groups (broad SMARTS) is 1. The van der Waals surface area contributed by atoms with E-state index in [2.05, 4.69) is 18.5 Å². The average molecular weight is 211 g/mol. The average Bonchev–Trinajstić information content (AvgIpc) is 2.20. The molecule has 3 nitrogen and oxygen atoms in total. The molecule has 2 N–H and O–H groups in total. The summed E-state index contributed by atoms with van der Waals surface area (Å²) in [6, 6.07) is -0.498. The van der Waals surface area contributed by atoms with Crippen LogP contribution in [0.2, 0.25) is 0 Å². The molecule has 0 saturated heterocycles. The van der Waals surface area contributed by atoms with Gasteiger partial charge >= 0.3 is 5.97 Å². The summed E-state index contributed by atoms with van der Waals surface area (Å²) in [5.41, 5.74) is 0.776. The minimum atomic E-state index is -0.803. The molecule has 15 heavy (non-hydrogen) atoms. The Kier molecular flexibility index (Phi) is 7.42. The normalized spacial score (nSPS) is 11.8. The zero-order valence-electron chi connectivity index (χ0n) is 9.46. The van der Waals surface area contributed by atoms with Crippen LogP contribution in [0.25, 0.3) is 0 Å². The lowest BCUT2D eigenvalue weighted by Crippen LogP contribution is -2.35. The summed E-state index contributed by atoms with van der Waals surface area (Å²) in [6.45, 7) is 9.46. The van der Waals surface area contributed by atoms with E-state index in [4.69, 9.17) is 5.11 Å². The van der Waals surface area contributed by atoms with Gasteiger partial charge in [0.25, 0.3) is 0 Å². The van der Waals surface area contributed by atoms with Gasteiger partial charge in [-0.15, -0.1) is 6.58 Å². The first-order valence-corrected chi connectivity index (χ1v) is 5.39. The number of rotatable bonds is 9. The lowest BCUT2D eigenvalue weighted by atomic mass is 10.1. The van der Waals surface area contributed by atoms with Gasteiger partial charge in [0.1, 0.15) is 6.04 Å². The van der Waals surface area contributed by atoms with Crippen LogP contribution in [0.15, 0.2) is 24.9 Å². The van der Waals surface area contributed by atoms with E-state index in [1.807, 2.05) is 6.92 Å². The predicted octanol–water partition coefficient (Wildman–Crippen LogP) is 2.70. The van der Waals surface area contributed by atoms with Crippen molar-refractivity contribution in [2.45, 2.75) is 45.1 Å². The Labute approximate surface area is 91.9 Å². The van der Waals surface area contributed by atoms with Gasteiger partial charge in [-0.25, -0.2) is 4.79 Å². The van der Waals surface area contributed by atoms with Crippen molar-refractivity contribution in [2.24, 2.45) is 0 Å². The van der Waals surface area contributed by atoms with Crippen LogP contribution in [0.1, 0.15) is 39.0 Å². The highest BCUT2D eigenvalue weighted by atomic mass is 16.4. The molecule has 0 aliphatic carbocycles. The highest BCUT2D eigenvalue weighted by molar-refractivity contribution is 5.73. The Morgan fingerprint density at radius 3 is 2.73 bits per heavy atom. The summed E-state index contributed by atoms with van der Waals surface area (Å²) in [6.07, 6.45) is 5.95. The molecular weight excluding hydrogens is 190 g/mol. The summed E-state index contributed by atoms with van der Waals surface area (Å²) < 4.78 is 0. The SMILES string of the molecule is C=CCCC(=C)N[C@@H](CCCC)C(=O)O. The lowest BCUT2D eigenvalue weighted by Gasteiger charge is -2.16. The van der Waals surface area contributed by atoms with E-state index in [-0.39, 0.29) is 0 Å². The van der Waals surface area contributed by atoms with Gasteiger partial charge in [-0.2, -0.15) is 0 Å². The molecule has 0 bridgehead atoms. The molecule has 3 heteroatoms. The summed E-state index contributed by atoms with van der Waals surface area (Å²) in [5.74, 6) is -0.803. The predicted molar refractivity (Wildman–Crippen MR) is 62.7 cm³/mol. The topological polar surface area (TPSA) is 49.3 Å². The quantitative estimate of drug-likeness (QED) is 0.576. The Morgan fingerprint density at radius 2 is 2.27 bits per heavy atom. The molecule has 0 radical (unpaired) electrons. The molecule has 0 aromatic heterocycles. The van der Waals surface area contributed by atoms with Crippen LogP contribution in [0, 0.1) is 0 Å². The molecule has 86 valence electrons. The highest BCUT2D eigenvalue weighted by Crippen LogP contribution is 2.06. The van der Waals surface area contributed by atoms with E-state index < -0.39 is 12.0 Å². The zero-order chi connectivity index (χ0) is 11.7. The summed E-state index contributed by atoms with van der Waals surface area (Å²) >= 11 is 0. The van der Waals surface area contributed by atoms with Crippen molar-refractivity contribution in [1.82, 2.24) is 5.32 Å². The Balaban J connectivity index is 3.98. The van der Waals surface area contributed by atoms with E-state index in [0.717, 1.165) is 31.4 Å². The Bertz CT molecular complexity index is 224. The number of carbonyl (C=O) groups is 1. The molecule has 0 aromatic rings. The second-order valence-electron chi connectivity index (χ2n) is 3.61. The molecule has 0 spiro atoms. The maximum Gasteiger partial charge on any atom is 0.326 e. The van der Waals surface area contributed by atoms with Crippen LogP contribution < -0.4 is 5.32 Å². The number of nitrogens with one attached hydrogen (secondary N) is 1. The Hall–Kier alpha value is -1.25. The van der Waals surface area contributed by atoms with Crippen LogP contribution >= 0.6 is 0 Å². The Morgan fingerprint density at radius 1 is 1.60 bits per heavy atom. The molecular formula is C12H21NO2. The van der Waals surface area contributed by atoms with Crippen molar-refractivity contribution in [3.05, 3.63) is 24.9 Å². The minimum Gasteiger partial charge on any atom is -0.480 e. The summed E-state index contributed by atoms with van der Waals surface area (Å²) in [7, 11) is 0. The van der Waals surface area contributed by atoms with Crippen LogP contribution in [0.5, 0.6) is 0 Å². The van der Waals surface area contributed by atoms with Crippen molar-refractivity contribution < 1.29 is 9.90 Å². The molecule has 0 aliphatic heterocycles. The van der Waals surface area contributed by atoms with E-state index in [1.165, 1.54) is 0 Å². The second kappa shape index (κ2) is 8.09. The first kappa shape index (κ1) is 13.8. The minimum absolute atomic E-state index is 0.498.